The molecule has 0 bridgehead atoms. The first kappa shape index (κ1) is 20.8. The summed E-state index contributed by atoms with van der Waals surface area (Å²) < 4.78 is 29.1. The fraction of sp³-hybridized carbons (Fsp3) is 0.263. The molecule has 0 atom stereocenters. The molecule has 1 aliphatic rings. The van der Waals surface area contributed by atoms with Gasteiger partial charge in [-0.25, -0.2) is 8.42 Å². The van der Waals surface area contributed by atoms with Crippen molar-refractivity contribution in [2.24, 2.45) is 0 Å². The quantitative estimate of drug-likeness (QED) is 0.663. The zero-order valence-corrected chi connectivity index (χ0v) is 16.8. The average Bonchev–Trinajstić information content (AvgIpc) is 3.13. The molecule has 0 spiro atoms. The predicted molar refractivity (Wildman–Crippen MR) is 106 cm³/mol. The Labute approximate surface area is 168 Å². The lowest BCUT2D eigenvalue weighted by molar-refractivity contribution is -0.117. The first-order valence-electron chi connectivity index (χ1n) is 8.80. The van der Waals surface area contributed by atoms with Gasteiger partial charge in [-0.1, -0.05) is 4.89 Å². The molecule has 0 saturated carbocycles. The van der Waals surface area contributed by atoms with E-state index in [1.54, 1.807) is 23.1 Å². The number of sulfonamides is 1. The van der Waals surface area contributed by atoms with Crippen molar-refractivity contribution < 1.29 is 27.6 Å². The van der Waals surface area contributed by atoms with Crippen molar-refractivity contribution in [1.29, 1.82) is 0 Å². The van der Waals surface area contributed by atoms with E-state index in [-0.39, 0.29) is 16.4 Å². The molecule has 1 fully saturated rings. The van der Waals surface area contributed by atoms with E-state index in [4.69, 9.17) is 4.74 Å². The van der Waals surface area contributed by atoms with Gasteiger partial charge in [0.05, 0.1) is 24.8 Å². The lowest BCUT2D eigenvalue weighted by Gasteiger charge is -2.19. The maximum atomic E-state index is 12.5. The van der Waals surface area contributed by atoms with Crippen molar-refractivity contribution in [2.75, 3.05) is 31.0 Å². The number of carbonyl (C=O) groups is 2. The Morgan fingerprint density at radius 1 is 1.10 bits per heavy atom. The molecule has 29 heavy (non-hydrogen) atoms. The van der Waals surface area contributed by atoms with Crippen molar-refractivity contribution in [3.63, 3.8) is 0 Å². The largest absolute Gasteiger partial charge is 0.494 e. The zero-order valence-electron chi connectivity index (χ0n) is 16.0. The standard InChI is InChI=1S/C19H21N3O6S/c1-27-17-12-14(7-10-16(17)22-11-3-4-18(22)23)20-19(24)13-5-8-15(9-6-13)29(25,26)21-28-2/h5-10,12,21H,3-4,11H2,1-2H3,(H,20,24). The van der Waals surface area contributed by atoms with Crippen LogP contribution in [-0.2, 0) is 19.7 Å². The van der Waals surface area contributed by atoms with Gasteiger partial charge in [0.15, 0.2) is 0 Å². The summed E-state index contributed by atoms with van der Waals surface area (Å²) in [5.74, 6) is 0.101. The summed E-state index contributed by atoms with van der Waals surface area (Å²) in [4.78, 5) is 32.4. The van der Waals surface area contributed by atoms with Crippen LogP contribution in [0.2, 0.25) is 0 Å². The van der Waals surface area contributed by atoms with Crippen LogP contribution in [0.1, 0.15) is 23.2 Å². The Kier molecular flexibility index (Phi) is 6.16. The Bertz CT molecular complexity index is 1020. The molecule has 10 heteroatoms. The molecule has 3 rings (SSSR count). The van der Waals surface area contributed by atoms with Gasteiger partial charge in [-0.2, -0.15) is 0 Å². The maximum Gasteiger partial charge on any atom is 0.262 e. The summed E-state index contributed by atoms with van der Waals surface area (Å²) in [6.45, 7) is 0.633. The van der Waals surface area contributed by atoms with Gasteiger partial charge in [0.2, 0.25) is 5.91 Å². The molecule has 0 aromatic heterocycles. The topological polar surface area (TPSA) is 114 Å². The SMILES string of the molecule is CONS(=O)(=O)c1ccc(C(=O)Nc2ccc(N3CCCC3=O)c(OC)c2)cc1. The van der Waals surface area contributed by atoms with Gasteiger partial charge in [0.1, 0.15) is 5.75 Å². The number of nitrogens with zero attached hydrogens (tertiary/aromatic N) is 1. The lowest BCUT2D eigenvalue weighted by atomic mass is 10.2. The molecule has 0 aliphatic carbocycles. The molecule has 2 amide bonds. The minimum absolute atomic E-state index is 0.0304. The third-order valence-electron chi connectivity index (χ3n) is 4.42. The third kappa shape index (κ3) is 4.56. The molecule has 1 heterocycles. The van der Waals surface area contributed by atoms with Crippen molar-refractivity contribution in [1.82, 2.24) is 4.89 Å². The molecule has 2 aromatic rings. The van der Waals surface area contributed by atoms with Crippen LogP contribution in [0.15, 0.2) is 47.4 Å². The van der Waals surface area contributed by atoms with Crippen molar-refractivity contribution >= 4 is 33.2 Å². The first-order valence-corrected chi connectivity index (χ1v) is 10.3. The monoisotopic (exact) mass is 419 g/mol. The number of nitrogens with one attached hydrogen (secondary N) is 2. The second kappa shape index (κ2) is 8.60. The molecular weight excluding hydrogens is 398 g/mol. The van der Waals surface area contributed by atoms with E-state index in [9.17, 15) is 18.0 Å². The molecule has 9 nitrogen and oxygen atoms in total. The van der Waals surface area contributed by atoms with Crippen LogP contribution in [0.4, 0.5) is 11.4 Å². The summed E-state index contributed by atoms with van der Waals surface area (Å²) in [6.07, 6.45) is 1.30. The van der Waals surface area contributed by atoms with Gasteiger partial charge in [0, 0.05) is 30.3 Å². The summed E-state index contributed by atoms with van der Waals surface area (Å²) >= 11 is 0. The predicted octanol–water partition coefficient (Wildman–Crippen LogP) is 1.91. The van der Waals surface area contributed by atoms with E-state index in [2.05, 4.69) is 10.2 Å². The second-order valence-corrected chi connectivity index (χ2v) is 7.95. The van der Waals surface area contributed by atoms with Crippen molar-refractivity contribution in [3.8, 4) is 5.75 Å². The average molecular weight is 419 g/mol. The summed E-state index contributed by atoms with van der Waals surface area (Å²) in [7, 11) is -1.10. The molecule has 1 saturated heterocycles. The van der Waals surface area contributed by atoms with Crippen molar-refractivity contribution in [2.45, 2.75) is 17.7 Å². The molecule has 154 valence electrons. The molecule has 2 N–H and O–H groups in total. The molecular formula is C19H21N3O6S. The minimum atomic E-state index is -3.79. The minimum Gasteiger partial charge on any atom is -0.494 e. The lowest BCUT2D eigenvalue weighted by Crippen LogP contribution is -2.24. The van der Waals surface area contributed by atoms with Crippen LogP contribution < -0.4 is 19.8 Å². The molecule has 1 aliphatic heterocycles. The number of rotatable bonds is 7. The molecule has 2 aromatic carbocycles. The summed E-state index contributed by atoms with van der Waals surface area (Å²) in [6, 6.07) is 10.5. The Hall–Kier alpha value is -2.95. The number of amides is 2. The number of methoxy groups -OCH3 is 1. The van der Waals surface area contributed by atoms with Crippen LogP contribution in [0, 0.1) is 0 Å². The number of ether oxygens (including phenoxy) is 1. The van der Waals surface area contributed by atoms with Crippen LogP contribution in [0.3, 0.4) is 0 Å². The number of carbonyl (C=O) groups excluding carboxylic acids is 2. The van der Waals surface area contributed by atoms with E-state index < -0.39 is 15.9 Å². The maximum absolute atomic E-state index is 12.5. The van der Waals surface area contributed by atoms with E-state index >= 15 is 0 Å². The van der Waals surface area contributed by atoms with Gasteiger partial charge in [0.25, 0.3) is 15.9 Å². The van der Waals surface area contributed by atoms with Crippen LogP contribution in [-0.4, -0.2) is 41.0 Å². The Morgan fingerprint density at radius 2 is 1.83 bits per heavy atom. The van der Waals surface area contributed by atoms with Crippen molar-refractivity contribution in [3.05, 3.63) is 48.0 Å². The highest BCUT2D eigenvalue weighted by molar-refractivity contribution is 7.89. The molecule has 0 radical (unpaired) electrons. The smallest absolute Gasteiger partial charge is 0.262 e. The first-order chi connectivity index (χ1) is 13.9. The van der Waals surface area contributed by atoms with Gasteiger partial charge in [-0.05, 0) is 42.8 Å². The summed E-state index contributed by atoms with van der Waals surface area (Å²) in [5, 5.41) is 2.73. The number of benzene rings is 2. The van der Waals surface area contributed by atoms with Gasteiger partial charge in [-0.15, -0.1) is 0 Å². The highest BCUT2D eigenvalue weighted by atomic mass is 32.2. The highest BCUT2D eigenvalue weighted by Crippen LogP contribution is 2.34. The third-order valence-corrected chi connectivity index (χ3v) is 5.70. The second-order valence-electron chi connectivity index (χ2n) is 6.30. The summed E-state index contributed by atoms with van der Waals surface area (Å²) in [5.41, 5.74) is 1.42. The van der Waals surface area contributed by atoms with Crippen LogP contribution >= 0.6 is 0 Å². The van der Waals surface area contributed by atoms with E-state index in [1.807, 2.05) is 4.89 Å². The Morgan fingerprint density at radius 3 is 2.41 bits per heavy atom. The van der Waals surface area contributed by atoms with Gasteiger partial charge in [-0.3, -0.25) is 14.4 Å². The van der Waals surface area contributed by atoms with Gasteiger partial charge < -0.3 is 15.0 Å². The normalized spacial score (nSPS) is 14.1. The number of hydrogen-bond donors (Lipinski definition) is 2. The van der Waals surface area contributed by atoms with E-state index in [1.165, 1.54) is 38.5 Å². The number of hydrogen-bond acceptors (Lipinski definition) is 6. The zero-order chi connectivity index (χ0) is 21.0. The van der Waals surface area contributed by atoms with Gasteiger partial charge >= 0.3 is 0 Å². The van der Waals surface area contributed by atoms with E-state index in [0.717, 1.165) is 6.42 Å². The fourth-order valence-corrected chi connectivity index (χ4v) is 3.84. The Balaban J connectivity index is 1.76. The van der Waals surface area contributed by atoms with Crippen LogP contribution in [0.25, 0.3) is 0 Å². The number of anilines is 2. The molecule has 0 unspecified atom stereocenters. The van der Waals surface area contributed by atoms with Crippen LogP contribution in [0.5, 0.6) is 5.75 Å². The fourth-order valence-electron chi connectivity index (χ4n) is 3.03. The highest BCUT2D eigenvalue weighted by Gasteiger charge is 2.24. The van der Waals surface area contributed by atoms with E-state index in [0.29, 0.717) is 30.1 Å².